The molecule has 7 heteroatoms. The Balaban J connectivity index is 1.95. The van der Waals surface area contributed by atoms with E-state index in [9.17, 15) is 9.59 Å². The number of thiophene rings is 1. The second-order valence-electron chi connectivity index (χ2n) is 4.83. The molecule has 2 atom stereocenters. The van der Waals surface area contributed by atoms with Gasteiger partial charge in [-0.15, -0.1) is 0 Å². The predicted molar refractivity (Wildman–Crippen MR) is 89.2 cm³/mol. The van der Waals surface area contributed by atoms with Crippen LogP contribution >= 0.6 is 22.9 Å². The van der Waals surface area contributed by atoms with Crippen LogP contribution in [0.2, 0.25) is 5.02 Å². The molecule has 1 heterocycles. The molecule has 2 aromatic rings. The van der Waals surface area contributed by atoms with Crippen molar-refractivity contribution in [3.63, 3.8) is 0 Å². The maximum absolute atomic E-state index is 12.1. The van der Waals surface area contributed by atoms with E-state index in [4.69, 9.17) is 16.9 Å². The fraction of sp³-hybridized carbons (Fsp3) is 0.188. The molecule has 0 aliphatic carbocycles. The summed E-state index contributed by atoms with van der Waals surface area (Å²) in [5.41, 5.74) is 1.13. The fourth-order valence-corrected chi connectivity index (χ4v) is 2.66. The Morgan fingerprint density at radius 2 is 1.91 bits per heavy atom. The van der Waals surface area contributed by atoms with Gasteiger partial charge in [-0.25, -0.2) is 0 Å². The average Bonchev–Trinajstić information content (AvgIpc) is 3.07. The summed E-state index contributed by atoms with van der Waals surface area (Å²) in [4.78, 5) is 24.2. The van der Waals surface area contributed by atoms with Gasteiger partial charge in [0.05, 0.1) is 6.07 Å². The van der Waals surface area contributed by atoms with Gasteiger partial charge in [-0.05, 0) is 53.6 Å². The molecule has 0 saturated carbocycles. The lowest BCUT2D eigenvalue weighted by Crippen LogP contribution is -2.45. The SMILES string of the molecule is C[C@@H](NC(=O)c1ccc(Cl)cc1)C(=O)N[C@H](C#N)c1ccsc1. The van der Waals surface area contributed by atoms with E-state index in [2.05, 4.69) is 10.6 Å². The number of nitriles is 1. The molecule has 0 bridgehead atoms. The predicted octanol–water partition coefficient (Wildman–Crippen LogP) is 2.90. The number of carbonyl (C=O) groups excluding carboxylic acids is 2. The number of halogens is 1. The second-order valence-corrected chi connectivity index (χ2v) is 6.05. The van der Waals surface area contributed by atoms with Crippen LogP contribution in [0.4, 0.5) is 0 Å². The smallest absolute Gasteiger partial charge is 0.251 e. The summed E-state index contributed by atoms with van der Waals surface area (Å²) in [5, 5.41) is 18.5. The van der Waals surface area contributed by atoms with Gasteiger partial charge in [-0.2, -0.15) is 16.6 Å². The molecule has 5 nitrogen and oxygen atoms in total. The average molecular weight is 348 g/mol. The Hall–Kier alpha value is -2.36. The van der Waals surface area contributed by atoms with Crippen molar-refractivity contribution in [3.05, 3.63) is 57.2 Å². The first-order valence-corrected chi connectivity index (χ1v) is 8.12. The first kappa shape index (κ1) is 17.0. The molecular weight excluding hydrogens is 334 g/mol. The van der Waals surface area contributed by atoms with Gasteiger partial charge in [0, 0.05) is 10.6 Å². The maximum atomic E-state index is 12.1. The van der Waals surface area contributed by atoms with Gasteiger partial charge in [-0.1, -0.05) is 11.6 Å². The lowest BCUT2D eigenvalue weighted by atomic mass is 10.1. The highest BCUT2D eigenvalue weighted by Gasteiger charge is 2.20. The number of rotatable bonds is 5. The summed E-state index contributed by atoms with van der Waals surface area (Å²) < 4.78 is 0. The summed E-state index contributed by atoms with van der Waals surface area (Å²) in [6.07, 6.45) is 0. The fourth-order valence-electron chi connectivity index (χ4n) is 1.84. The van der Waals surface area contributed by atoms with E-state index < -0.39 is 18.0 Å². The number of nitrogens with one attached hydrogen (secondary N) is 2. The van der Waals surface area contributed by atoms with Crippen LogP contribution in [0.1, 0.15) is 28.9 Å². The van der Waals surface area contributed by atoms with Gasteiger partial charge in [-0.3, -0.25) is 9.59 Å². The topological polar surface area (TPSA) is 82.0 Å². The summed E-state index contributed by atoms with van der Waals surface area (Å²) in [5.74, 6) is -0.807. The summed E-state index contributed by atoms with van der Waals surface area (Å²) in [6, 6.07) is 8.65. The van der Waals surface area contributed by atoms with E-state index in [0.29, 0.717) is 10.6 Å². The van der Waals surface area contributed by atoms with Crippen LogP contribution in [0.5, 0.6) is 0 Å². The zero-order valence-corrected chi connectivity index (χ0v) is 13.8. The Labute approximate surface area is 142 Å². The normalized spacial score (nSPS) is 12.7. The summed E-state index contributed by atoms with van der Waals surface area (Å²) >= 11 is 7.21. The molecule has 118 valence electrons. The third-order valence-corrected chi connectivity index (χ3v) is 4.09. The highest BCUT2D eigenvalue weighted by Crippen LogP contribution is 2.15. The standard InChI is InChI=1S/C16H14ClN3O2S/c1-10(19-16(22)11-2-4-13(17)5-3-11)15(21)20-14(8-18)12-6-7-23-9-12/h2-7,9-10,14H,1H3,(H,19,22)(H,20,21)/t10-,14-/m1/s1. The summed E-state index contributed by atoms with van der Waals surface area (Å²) in [7, 11) is 0. The van der Waals surface area contributed by atoms with Crippen LogP contribution in [0, 0.1) is 11.3 Å². The van der Waals surface area contributed by atoms with Crippen molar-refractivity contribution in [1.82, 2.24) is 10.6 Å². The van der Waals surface area contributed by atoms with Gasteiger partial charge >= 0.3 is 0 Å². The van der Waals surface area contributed by atoms with Crippen LogP contribution in [0.3, 0.4) is 0 Å². The van der Waals surface area contributed by atoms with Crippen LogP contribution in [-0.2, 0) is 4.79 Å². The van der Waals surface area contributed by atoms with E-state index in [0.717, 1.165) is 5.56 Å². The molecule has 0 unspecified atom stereocenters. The van der Waals surface area contributed by atoms with E-state index >= 15 is 0 Å². The van der Waals surface area contributed by atoms with E-state index in [1.54, 1.807) is 42.6 Å². The highest BCUT2D eigenvalue weighted by molar-refractivity contribution is 7.08. The third kappa shape index (κ3) is 4.55. The van der Waals surface area contributed by atoms with E-state index in [1.165, 1.54) is 11.3 Å². The Kier molecular flexibility index (Phi) is 5.74. The highest BCUT2D eigenvalue weighted by atomic mass is 35.5. The lowest BCUT2D eigenvalue weighted by Gasteiger charge is -2.16. The first-order valence-electron chi connectivity index (χ1n) is 6.80. The molecule has 1 aromatic heterocycles. The van der Waals surface area contributed by atoms with E-state index in [-0.39, 0.29) is 5.91 Å². The Morgan fingerprint density at radius 3 is 2.48 bits per heavy atom. The second kappa shape index (κ2) is 7.77. The van der Waals surface area contributed by atoms with Gasteiger partial charge in [0.2, 0.25) is 5.91 Å². The number of nitrogens with zero attached hydrogens (tertiary/aromatic N) is 1. The number of amides is 2. The molecule has 0 aliphatic heterocycles. The van der Waals surface area contributed by atoms with Crippen LogP contribution < -0.4 is 10.6 Å². The van der Waals surface area contributed by atoms with Gasteiger partial charge in [0.25, 0.3) is 5.91 Å². The minimum atomic E-state index is -0.771. The molecule has 0 aliphatic rings. The molecule has 0 fully saturated rings. The first-order chi connectivity index (χ1) is 11.0. The zero-order chi connectivity index (χ0) is 16.8. The molecule has 2 N–H and O–H groups in total. The van der Waals surface area contributed by atoms with Gasteiger partial charge < -0.3 is 10.6 Å². The van der Waals surface area contributed by atoms with Crippen molar-refractivity contribution in [3.8, 4) is 6.07 Å². The van der Waals surface area contributed by atoms with Crippen LogP contribution in [0.25, 0.3) is 0 Å². The minimum Gasteiger partial charge on any atom is -0.341 e. The van der Waals surface area contributed by atoms with Crippen LogP contribution in [-0.4, -0.2) is 17.9 Å². The quantitative estimate of drug-likeness (QED) is 0.872. The van der Waals surface area contributed by atoms with Crippen molar-refractivity contribution in [1.29, 1.82) is 5.26 Å². The van der Waals surface area contributed by atoms with Crippen molar-refractivity contribution in [2.45, 2.75) is 19.0 Å². The maximum Gasteiger partial charge on any atom is 0.251 e. The molecule has 2 rings (SSSR count). The van der Waals surface area contributed by atoms with Crippen molar-refractivity contribution >= 4 is 34.8 Å². The number of benzene rings is 1. The number of carbonyl (C=O) groups is 2. The Bertz CT molecular complexity index is 723. The number of hydrogen-bond acceptors (Lipinski definition) is 4. The molecular formula is C16H14ClN3O2S. The van der Waals surface area contributed by atoms with Crippen LogP contribution in [0.15, 0.2) is 41.1 Å². The summed E-state index contributed by atoms with van der Waals surface area (Å²) in [6.45, 7) is 1.56. The van der Waals surface area contributed by atoms with Gasteiger partial charge in [0.15, 0.2) is 0 Å². The largest absolute Gasteiger partial charge is 0.341 e. The molecule has 1 aromatic carbocycles. The Morgan fingerprint density at radius 1 is 1.22 bits per heavy atom. The van der Waals surface area contributed by atoms with Crippen molar-refractivity contribution in [2.75, 3.05) is 0 Å². The van der Waals surface area contributed by atoms with Crippen molar-refractivity contribution < 1.29 is 9.59 Å². The molecule has 0 saturated heterocycles. The third-order valence-electron chi connectivity index (χ3n) is 3.14. The lowest BCUT2D eigenvalue weighted by molar-refractivity contribution is -0.123. The van der Waals surface area contributed by atoms with Crippen molar-refractivity contribution in [2.24, 2.45) is 0 Å². The molecule has 2 amide bonds. The number of hydrogen-bond donors (Lipinski definition) is 2. The zero-order valence-electron chi connectivity index (χ0n) is 12.2. The van der Waals surface area contributed by atoms with Gasteiger partial charge in [0.1, 0.15) is 12.1 Å². The molecule has 23 heavy (non-hydrogen) atoms. The van der Waals surface area contributed by atoms with E-state index in [1.807, 2.05) is 11.4 Å². The monoisotopic (exact) mass is 347 g/mol. The molecule has 0 radical (unpaired) electrons. The minimum absolute atomic E-state index is 0.381. The molecule has 0 spiro atoms.